The van der Waals surface area contributed by atoms with Crippen LogP contribution in [0.1, 0.15) is 12.8 Å². The van der Waals surface area contributed by atoms with Crippen LogP contribution in [0, 0.1) is 11.8 Å². The maximum Gasteiger partial charge on any atom is 0.214 e. The van der Waals surface area contributed by atoms with E-state index in [1.54, 1.807) is 0 Å². The third-order valence-electron chi connectivity index (χ3n) is 3.70. The highest BCUT2D eigenvalue weighted by molar-refractivity contribution is 7.89. The van der Waals surface area contributed by atoms with Crippen LogP contribution in [0.4, 0.5) is 0 Å². The Bertz CT molecular complexity index is 353. The topological polar surface area (TPSA) is 64.6 Å². The SMILES string of the molecule is O=S(=O)(CC1CCCO1)NC1[C@H]2COC[C@@H]12. The van der Waals surface area contributed by atoms with E-state index in [-0.39, 0.29) is 17.9 Å². The van der Waals surface area contributed by atoms with E-state index in [4.69, 9.17) is 9.47 Å². The second-order valence-electron chi connectivity index (χ2n) is 4.93. The largest absolute Gasteiger partial charge is 0.381 e. The van der Waals surface area contributed by atoms with Crippen LogP contribution in [0.5, 0.6) is 0 Å². The highest BCUT2D eigenvalue weighted by atomic mass is 32.2. The van der Waals surface area contributed by atoms with Crippen LogP contribution in [0.15, 0.2) is 0 Å². The first-order valence-corrected chi connectivity index (χ1v) is 7.50. The van der Waals surface area contributed by atoms with Gasteiger partial charge in [0.25, 0.3) is 0 Å². The molecule has 0 aromatic carbocycles. The first kappa shape index (κ1) is 11.0. The van der Waals surface area contributed by atoms with Gasteiger partial charge in [0.05, 0.1) is 25.1 Å². The molecule has 3 aliphatic rings. The van der Waals surface area contributed by atoms with Crippen molar-refractivity contribution in [3.8, 4) is 0 Å². The lowest BCUT2D eigenvalue weighted by Gasteiger charge is -2.12. The molecule has 16 heavy (non-hydrogen) atoms. The van der Waals surface area contributed by atoms with Crippen molar-refractivity contribution in [1.82, 2.24) is 4.72 Å². The van der Waals surface area contributed by atoms with Gasteiger partial charge in [0.1, 0.15) is 0 Å². The molecule has 2 unspecified atom stereocenters. The average Bonchev–Trinajstić information content (AvgIpc) is 2.68. The lowest BCUT2D eigenvalue weighted by Crippen LogP contribution is -2.35. The van der Waals surface area contributed by atoms with Crippen molar-refractivity contribution in [1.29, 1.82) is 0 Å². The monoisotopic (exact) mass is 247 g/mol. The van der Waals surface area contributed by atoms with Crippen molar-refractivity contribution in [2.75, 3.05) is 25.6 Å². The van der Waals surface area contributed by atoms with Gasteiger partial charge >= 0.3 is 0 Å². The molecule has 0 aromatic rings. The fourth-order valence-corrected chi connectivity index (χ4v) is 4.30. The molecule has 0 amide bonds. The summed E-state index contributed by atoms with van der Waals surface area (Å²) in [5.74, 6) is 0.947. The molecule has 1 aliphatic carbocycles. The van der Waals surface area contributed by atoms with Crippen molar-refractivity contribution in [3.63, 3.8) is 0 Å². The fraction of sp³-hybridized carbons (Fsp3) is 1.00. The van der Waals surface area contributed by atoms with Crippen molar-refractivity contribution in [3.05, 3.63) is 0 Å². The number of sulfonamides is 1. The second-order valence-corrected chi connectivity index (χ2v) is 6.72. The summed E-state index contributed by atoms with van der Waals surface area (Å²) in [5, 5.41) is 0. The molecular weight excluding hydrogens is 230 g/mol. The zero-order valence-electron chi connectivity index (χ0n) is 9.09. The Morgan fingerprint density at radius 2 is 2.00 bits per heavy atom. The van der Waals surface area contributed by atoms with E-state index in [1.165, 1.54) is 0 Å². The minimum absolute atomic E-state index is 0.104. The minimum Gasteiger partial charge on any atom is -0.381 e. The van der Waals surface area contributed by atoms with E-state index < -0.39 is 10.0 Å². The standard InChI is InChI=1S/C10H17NO4S/c12-16(13,6-7-2-1-3-15-7)11-10-8-4-14-5-9(8)10/h7-11H,1-6H2/t7?,8-,9+,10?. The lowest BCUT2D eigenvalue weighted by atomic mass is 10.3. The van der Waals surface area contributed by atoms with Crippen LogP contribution in [0.25, 0.3) is 0 Å². The Hall–Kier alpha value is -0.170. The number of hydrogen-bond acceptors (Lipinski definition) is 4. The predicted octanol–water partition coefficient (Wildman–Crippen LogP) is -0.270. The first-order chi connectivity index (χ1) is 7.66. The fourth-order valence-electron chi connectivity index (χ4n) is 2.69. The predicted molar refractivity (Wildman–Crippen MR) is 57.5 cm³/mol. The molecule has 0 radical (unpaired) electrons. The van der Waals surface area contributed by atoms with Gasteiger partial charge in [-0.05, 0) is 12.8 Å². The zero-order chi connectivity index (χ0) is 11.2. The number of fused-ring (bicyclic) bond motifs is 1. The van der Waals surface area contributed by atoms with Gasteiger partial charge in [-0.3, -0.25) is 0 Å². The van der Waals surface area contributed by atoms with Crippen molar-refractivity contribution in [2.45, 2.75) is 25.0 Å². The Labute approximate surface area is 95.5 Å². The van der Waals surface area contributed by atoms with E-state index in [2.05, 4.69) is 4.72 Å². The molecule has 92 valence electrons. The smallest absolute Gasteiger partial charge is 0.214 e. The molecule has 3 fully saturated rings. The summed E-state index contributed by atoms with van der Waals surface area (Å²) in [6.45, 7) is 2.11. The van der Waals surface area contributed by atoms with Gasteiger partial charge in [0.2, 0.25) is 10.0 Å². The van der Waals surface area contributed by atoms with Crippen LogP contribution in [-0.2, 0) is 19.5 Å². The van der Waals surface area contributed by atoms with E-state index in [9.17, 15) is 8.42 Å². The van der Waals surface area contributed by atoms with E-state index >= 15 is 0 Å². The molecule has 2 saturated heterocycles. The number of nitrogens with one attached hydrogen (secondary N) is 1. The van der Waals surface area contributed by atoms with Crippen LogP contribution < -0.4 is 4.72 Å². The molecule has 3 rings (SSSR count). The first-order valence-electron chi connectivity index (χ1n) is 5.85. The van der Waals surface area contributed by atoms with Crippen LogP contribution >= 0.6 is 0 Å². The second kappa shape index (κ2) is 3.94. The Kier molecular flexibility index (Phi) is 2.70. The Morgan fingerprint density at radius 1 is 1.25 bits per heavy atom. The number of ether oxygens (including phenoxy) is 2. The maximum atomic E-state index is 11.8. The van der Waals surface area contributed by atoms with E-state index in [0.29, 0.717) is 31.7 Å². The van der Waals surface area contributed by atoms with E-state index in [1.807, 2.05) is 0 Å². The quantitative estimate of drug-likeness (QED) is 0.742. The molecule has 1 saturated carbocycles. The lowest BCUT2D eigenvalue weighted by molar-refractivity contribution is 0.127. The minimum atomic E-state index is -3.17. The number of rotatable bonds is 4. The Balaban J connectivity index is 1.53. The molecule has 0 bridgehead atoms. The van der Waals surface area contributed by atoms with Crippen LogP contribution in [0.3, 0.4) is 0 Å². The molecular formula is C10H17NO4S. The summed E-state index contributed by atoms with van der Waals surface area (Å²) in [6, 6.07) is 0.125. The van der Waals surface area contributed by atoms with E-state index in [0.717, 1.165) is 12.8 Å². The van der Waals surface area contributed by atoms with Gasteiger partial charge in [-0.15, -0.1) is 0 Å². The summed E-state index contributed by atoms with van der Waals surface area (Å²) in [6.07, 6.45) is 1.73. The number of hydrogen-bond donors (Lipinski definition) is 1. The van der Waals surface area contributed by atoms with Gasteiger partial charge in [-0.1, -0.05) is 0 Å². The molecule has 5 nitrogen and oxygen atoms in total. The third kappa shape index (κ3) is 2.11. The highest BCUT2D eigenvalue weighted by Crippen LogP contribution is 2.44. The van der Waals surface area contributed by atoms with Gasteiger partial charge < -0.3 is 9.47 Å². The molecule has 2 aliphatic heterocycles. The molecule has 1 N–H and O–H groups in total. The maximum absolute atomic E-state index is 11.8. The summed E-state index contributed by atoms with van der Waals surface area (Å²) >= 11 is 0. The third-order valence-corrected chi connectivity index (χ3v) is 5.14. The summed E-state index contributed by atoms with van der Waals surface area (Å²) in [5.41, 5.74) is 0. The molecule has 2 heterocycles. The van der Waals surface area contributed by atoms with Crippen LogP contribution in [-0.4, -0.2) is 46.1 Å². The van der Waals surface area contributed by atoms with Crippen LogP contribution in [0.2, 0.25) is 0 Å². The summed E-state index contributed by atoms with van der Waals surface area (Å²) in [7, 11) is -3.17. The molecule has 6 heteroatoms. The van der Waals surface area contributed by atoms with Gasteiger partial charge in [0, 0.05) is 24.5 Å². The summed E-state index contributed by atoms with van der Waals surface area (Å²) in [4.78, 5) is 0. The molecule has 0 aromatic heterocycles. The molecule has 4 atom stereocenters. The average molecular weight is 247 g/mol. The Morgan fingerprint density at radius 3 is 2.62 bits per heavy atom. The van der Waals surface area contributed by atoms with Crippen molar-refractivity contribution < 1.29 is 17.9 Å². The molecule has 0 spiro atoms. The summed E-state index contributed by atoms with van der Waals surface area (Å²) < 4.78 is 37.0. The zero-order valence-corrected chi connectivity index (χ0v) is 9.91. The van der Waals surface area contributed by atoms with Gasteiger partial charge in [0.15, 0.2) is 0 Å². The van der Waals surface area contributed by atoms with Gasteiger partial charge in [-0.25, -0.2) is 13.1 Å². The normalized spacial score (nSPS) is 42.2. The highest BCUT2D eigenvalue weighted by Gasteiger charge is 2.55. The van der Waals surface area contributed by atoms with Gasteiger partial charge in [-0.2, -0.15) is 0 Å². The van der Waals surface area contributed by atoms with Crippen molar-refractivity contribution >= 4 is 10.0 Å². The van der Waals surface area contributed by atoms with Crippen molar-refractivity contribution in [2.24, 2.45) is 11.8 Å².